The van der Waals surface area contributed by atoms with Gasteiger partial charge in [-0.3, -0.25) is 9.59 Å². The highest BCUT2D eigenvalue weighted by atomic mass is 16.2. The number of amides is 2. The van der Waals surface area contributed by atoms with Gasteiger partial charge in [-0.1, -0.05) is 13.8 Å². The van der Waals surface area contributed by atoms with E-state index in [1.807, 2.05) is 11.8 Å². The van der Waals surface area contributed by atoms with Crippen molar-refractivity contribution in [2.24, 2.45) is 5.92 Å². The molecule has 19 heavy (non-hydrogen) atoms. The molecule has 1 rings (SSSR count). The SMILES string of the molecule is CCCC(=O)NCC(=O)N1CCC(CNCC)CC1. The van der Waals surface area contributed by atoms with E-state index in [1.54, 1.807) is 0 Å². The average molecular weight is 269 g/mol. The van der Waals surface area contributed by atoms with Gasteiger partial charge in [0, 0.05) is 19.5 Å². The maximum absolute atomic E-state index is 11.9. The number of nitrogens with one attached hydrogen (secondary N) is 2. The van der Waals surface area contributed by atoms with Gasteiger partial charge in [-0.15, -0.1) is 0 Å². The Morgan fingerprint density at radius 1 is 1.21 bits per heavy atom. The fraction of sp³-hybridized carbons (Fsp3) is 0.857. The number of piperidine rings is 1. The van der Waals surface area contributed by atoms with E-state index in [9.17, 15) is 9.59 Å². The van der Waals surface area contributed by atoms with E-state index >= 15 is 0 Å². The summed E-state index contributed by atoms with van der Waals surface area (Å²) < 4.78 is 0. The first-order valence-electron chi connectivity index (χ1n) is 7.42. The number of hydrogen-bond acceptors (Lipinski definition) is 3. The van der Waals surface area contributed by atoms with Gasteiger partial charge in [0.15, 0.2) is 0 Å². The van der Waals surface area contributed by atoms with Crippen molar-refractivity contribution in [2.75, 3.05) is 32.7 Å². The smallest absolute Gasteiger partial charge is 0.241 e. The molecule has 0 spiro atoms. The third-order valence-electron chi connectivity index (χ3n) is 3.56. The molecule has 2 N–H and O–H groups in total. The monoisotopic (exact) mass is 269 g/mol. The third kappa shape index (κ3) is 6.05. The normalized spacial score (nSPS) is 16.4. The lowest BCUT2D eigenvalue weighted by molar-refractivity contribution is -0.134. The van der Waals surface area contributed by atoms with Crippen molar-refractivity contribution in [3.05, 3.63) is 0 Å². The van der Waals surface area contributed by atoms with Crippen LogP contribution in [0.5, 0.6) is 0 Å². The van der Waals surface area contributed by atoms with Crippen LogP contribution in [0, 0.1) is 5.92 Å². The van der Waals surface area contributed by atoms with Crippen molar-refractivity contribution in [3.8, 4) is 0 Å². The maximum atomic E-state index is 11.9. The standard InChI is InChI=1S/C14H27N3O2/c1-3-5-13(18)16-11-14(19)17-8-6-12(7-9-17)10-15-4-2/h12,15H,3-11H2,1-2H3,(H,16,18). The second kappa shape index (κ2) is 8.91. The molecule has 0 atom stereocenters. The summed E-state index contributed by atoms with van der Waals surface area (Å²) in [6, 6.07) is 0. The summed E-state index contributed by atoms with van der Waals surface area (Å²) in [6.45, 7) is 7.90. The summed E-state index contributed by atoms with van der Waals surface area (Å²) in [7, 11) is 0. The minimum absolute atomic E-state index is 0.0297. The topological polar surface area (TPSA) is 61.4 Å². The number of hydrogen-bond donors (Lipinski definition) is 2. The van der Waals surface area contributed by atoms with Gasteiger partial charge >= 0.3 is 0 Å². The minimum atomic E-state index is -0.0297. The molecule has 5 heteroatoms. The number of likely N-dealkylation sites (tertiary alicyclic amines) is 1. The number of rotatable bonds is 7. The predicted octanol–water partition coefficient (Wildman–Crippen LogP) is 0.751. The fourth-order valence-electron chi connectivity index (χ4n) is 2.34. The summed E-state index contributed by atoms with van der Waals surface area (Å²) in [5.41, 5.74) is 0. The van der Waals surface area contributed by atoms with Crippen LogP contribution < -0.4 is 10.6 Å². The zero-order valence-corrected chi connectivity index (χ0v) is 12.2. The Labute approximate surface area is 116 Å². The van der Waals surface area contributed by atoms with Crippen LogP contribution in [0.2, 0.25) is 0 Å². The molecule has 0 aromatic heterocycles. The molecule has 0 radical (unpaired) electrons. The van der Waals surface area contributed by atoms with Crippen LogP contribution in [0.25, 0.3) is 0 Å². The Morgan fingerprint density at radius 2 is 1.89 bits per heavy atom. The van der Waals surface area contributed by atoms with Crippen LogP contribution in [0.4, 0.5) is 0 Å². The molecule has 1 aliphatic rings. The van der Waals surface area contributed by atoms with Gasteiger partial charge in [0.25, 0.3) is 0 Å². The summed E-state index contributed by atoms with van der Waals surface area (Å²) in [5.74, 6) is 0.697. The fourth-order valence-corrected chi connectivity index (χ4v) is 2.34. The Bertz CT molecular complexity index is 286. The van der Waals surface area contributed by atoms with Crippen molar-refractivity contribution >= 4 is 11.8 Å². The van der Waals surface area contributed by atoms with Crippen LogP contribution in [0.1, 0.15) is 39.5 Å². The zero-order chi connectivity index (χ0) is 14.1. The molecule has 0 unspecified atom stereocenters. The minimum Gasteiger partial charge on any atom is -0.347 e. The lowest BCUT2D eigenvalue weighted by Crippen LogP contribution is -2.45. The largest absolute Gasteiger partial charge is 0.347 e. The summed E-state index contributed by atoms with van der Waals surface area (Å²) in [4.78, 5) is 25.1. The van der Waals surface area contributed by atoms with Gasteiger partial charge in [-0.05, 0) is 38.3 Å². The summed E-state index contributed by atoms with van der Waals surface area (Å²) in [5, 5.41) is 6.04. The molecule has 1 saturated heterocycles. The van der Waals surface area contributed by atoms with Crippen LogP contribution in [0.15, 0.2) is 0 Å². The molecule has 1 fully saturated rings. The highest BCUT2D eigenvalue weighted by Gasteiger charge is 2.22. The van der Waals surface area contributed by atoms with Crippen molar-refractivity contribution in [3.63, 3.8) is 0 Å². The van der Waals surface area contributed by atoms with Crippen molar-refractivity contribution in [2.45, 2.75) is 39.5 Å². The van der Waals surface area contributed by atoms with E-state index in [0.29, 0.717) is 12.3 Å². The Balaban J connectivity index is 2.19. The van der Waals surface area contributed by atoms with E-state index in [2.05, 4.69) is 17.6 Å². The zero-order valence-electron chi connectivity index (χ0n) is 12.2. The van der Waals surface area contributed by atoms with E-state index < -0.39 is 0 Å². The average Bonchev–Trinajstić information content (AvgIpc) is 2.43. The summed E-state index contributed by atoms with van der Waals surface area (Å²) in [6.07, 6.45) is 3.43. The molecule has 0 aliphatic carbocycles. The molecule has 0 saturated carbocycles. The van der Waals surface area contributed by atoms with Crippen molar-refractivity contribution in [1.29, 1.82) is 0 Å². The maximum Gasteiger partial charge on any atom is 0.241 e. The van der Waals surface area contributed by atoms with Crippen LogP contribution >= 0.6 is 0 Å². The first-order valence-corrected chi connectivity index (χ1v) is 7.42. The lowest BCUT2D eigenvalue weighted by atomic mass is 9.97. The number of nitrogens with zero attached hydrogens (tertiary/aromatic N) is 1. The second-order valence-corrected chi connectivity index (χ2v) is 5.16. The molecule has 2 amide bonds. The van der Waals surface area contributed by atoms with Gasteiger partial charge in [-0.25, -0.2) is 0 Å². The lowest BCUT2D eigenvalue weighted by Gasteiger charge is -2.32. The van der Waals surface area contributed by atoms with Gasteiger partial charge in [0.05, 0.1) is 6.54 Å². The van der Waals surface area contributed by atoms with Crippen molar-refractivity contribution in [1.82, 2.24) is 15.5 Å². The second-order valence-electron chi connectivity index (χ2n) is 5.16. The molecule has 0 aromatic carbocycles. The Kier molecular flexibility index (Phi) is 7.48. The molecular formula is C14H27N3O2. The molecule has 1 aliphatic heterocycles. The molecule has 0 aromatic rings. The predicted molar refractivity (Wildman–Crippen MR) is 75.8 cm³/mol. The Hall–Kier alpha value is -1.10. The molecule has 1 heterocycles. The Morgan fingerprint density at radius 3 is 2.47 bits per heavy atom. The third-order valence-corrected chi connectivity index (χ3v) is 3.56. The number of carbonyl (C=O) groups is 2. The molecule has 5 nitrogen and oxygen atoms in total. The molecule has 0 bridgehead atoms. The highest BCUT2D eigenvalue weighted by molar-refractivity contribution is 5.84. The highest BCUT2D eigenvalue weighted by Crippen LogP contribution is 2.16. The van der Waals surface area contributed by atoms with Crippen LogP contribution in [0.3, 0.4) is 0 Å². The first kappa shape index (κ1) is 16.0. The van der Waals surface area contributed by atoms with Gasteiger partial charge in [-0.2, -0.15) is 0 Å². The first-order chi connectivity index (χ1) is 9.17. The van der Waals surface area contributed by atoms with Gasteiger partial charge in [0.2, 0.25) is 11.8 Å². The van der Waals surface area contributed by atoms with E-state index in [0.717, 1.165) is 45.4 Å². The van der Waals surface area contributed by atoms with Gasteiger partial charge in [0.1, 0.15) is 0 Å². The van der Waals surface area contributed by atoms with Crippen LogP contribution in [-0.2, 0) is 9.59 Å². The van der Waals surface area contributed by atoms with Crippen molar-refractivity contribution < 1.29 is 9.59 Å². The van der Waals surface area contributed by atoms with Gasteiger partial charge < -0.3 is 15.5 Å². The summed E-state index contributed by atoms with van der Waals surface area (Å²) >= 11 is 0. The quantitative estimate of drug-likeness (QED) is 0.717. The van der Waals surface area contributed by atoms with Crippen LogP contribution in [-0.4, -0.2) is 49.4 Å². The molecule has 110 valence electrons. The number of carbonyl (C=O) groups excluding carboxylic acids is 2. The van der Waals surface area contributed by atoms with E-state index in [-0.39, 0.29) is 18.4 Å². The van der Waals surface area contributed by atoms with E-state index in [1.165, 1.54) is 0 Å². The molecular weight excluding hydrogens is 242 g/mol. The van der Waals surface area contributed by atoms with E-state index in [4.69, 9.17) is 0 Å².